The van der Waals surface area contributed by atoms with Gasteiger partial charge in [-0.2, -0.15) is 0 Å². The van der Waals surface area contributed by atoms with Crippen molar-refractivity contribution >= 4 is 0 Å². The van der Waals surface area contributed by atoms with Gasteiger partial charge in [0.05, 0.1) is 12.7 Å². The number of unbranched alkanes of at least 4 members (excludes halogenated alkanes) is 1. The lowest BCUT2D eigenvalue weighted by Crippen LogP contribution is -2.17. The van der Waals surface area contributed by atoms with E-state index in [2.05, 4.69) is 20.8 Å². The fraction of sp³-hybridized carbons (Fsp3) is 1.00. The highest BCUT2D eigenvalue weighted by Gasteiger charge is 2.02. The summed E-state index contributed by atoms with van der Waals surface area (Å²) in [5.41, 5.74) is 0. The molecular weight excluding hydrogens is 256 g/mol. The predicted octanol–water partition coefficient (Wildman–Crippen LogP) is 3.92. The normalized spacial score (nSPS) is 10.9. The van der Waals surface area contributed by atoms with Crippen molar-refractivity contribution in [3.8, 4) is 0 Å². The Balaban J connectivity index is -0.000000230. The van der Waals surface area contributed by atoms with Crippen molar-refractivity contribution in [2.24, 2.45) is 0 Å². The van der Waals surface area contributed by atoms with Crippen LogP contribution in [0.1, 0.15) is 53.4 Å². The molecule has 1 unspecified atom stereocenters. The zero-order valence-electron chi connectivity index (χ0n) is 14.9. The molecule has 0 saturated carbocycles. The first kappa shape index (κ1) is 24.8. The van der Waals surface area contributed by atoms with Crippen molar-refractivity contribution in [2.45, 2.75) is 59.5 Å². The number of hydrogen-bond acceptors (Lipinski definition) is 4. The maximum Gasteiger partial charge on any atom is 0.0805 e. The fourth-order valence-corrected chi connectivity index (χ4v) is 1.20. The predicted molar refractivity (Wildman–Crippen MR) is 86.5 cm³/mol. The molecule has 126 valence electrons. The molecule has 1 atom stereocenters. The first-order chi connectivity index (χ1) is 9.67. The molecule has 0 fully saturated rings. The highest BCUT2D eigenvalue weighted by atomic mass is 16.5. The van der Waals surface area contributed by atoms with Crippen LogP contribution in [0.2, 0.25) is 0 Å². The number of hydrogen-bond donors (Lipinski definition) is 0. The number of rotatable bonds is 10. The average Bonchev–Trinajstić information content (AvgIpc) is 2.47. The summed E-state index contributed by atoms with van der Waals surface area (Å²) in [5.74, 6) is 0. The molecule has 0 saturated heterocycles. The topological polar surface area (TPSA) is 36.9 Å². The average molecular weight is 294 g/mol. The molecule has 0 rings (SSSR count). The lowest BCUT2D eigenvalue weighted by atomic mass is 10.3. The minimum absolute atomic E-state index is 0.292. The lowest BCUT2D eigenvalue weighted by Gasteiger charge is -2.12. The van der Waals surface area contributed by atoms with Gasteiger partial charge < -0.3 is 18.9 Å². The first-order valence-corrected chi connectivity index (χ1v) is 7.76. The smallest absolute Gasteiger partial charge is 0.0805 e. The van der Waals surface area contributed by atoms with E-state index >= 15 is 0 Å². The van der Waals surface area contributed by atoms with Crippen LogP contribution in [0.25, 0.3) is 0 Å². The molecule has 0 amide bonds. The van der Waals surface area contributed by atoms with Gasteiger partial charge in [-0.3, -0.25) is 0 Å². The minimum atomic E-state index is 0.292. The van der Waals surface area contributed by atoms with E-state index in [-0.39, 0.29) is 0 Å². The Morgan fingerprint density at radius 1 is 0.750 bits per heavy atom. The van der Waals surface area contributed by atoms with Crippen molar-refractivity contribution in [1.29, 1.82) is 0 Å². The second-order valence-electron chi connectivity index (χ2n) is 4.28. The van der Waals surface area contributed by atoms with Gasteiger partial charge in [0.25, 0.3) is 0 Å². The van der Waals surface area contributed by atoms with E-state index in [4.69, 9.17) is 18.9 Å². The van der Waals surface area contributed by atoms with E-state index in [9.17, 15) is 0 Å². The molecule has 4 nitrogen and oxygen atoms in total. The van der Waals surface area contributed by atoms with Gasteiger partial charge in [-0.25, -0.2) is 0 Å². The molecule has 0 aromatic rings. The largest absolute Gasteiger partial charge is 0.385 e. The van der Waals surface area contributed by atoms with E-state index in [1.165, 1.54) is 12.8 Å². The van der Waals surface area contributed by atoms with Crippen LogP contribution in [0.3, 0.4) is 0 Å². The van der Waals surface area contributed by atoms with E-state index in [1.807, 2.05) is 6.92 Å². The highest BCUT2D eigenvalue weighted by molar-refractivity contribution is 4.50. The summed E-state index contributed by atoms with van der Waals surface area (Å²) < 4.78 is 19.7. The summed E-state index contributed by atoms with van der Waals surface area (Å²) in [7, 11) is 5.14. The van der Waals surface area contributed by atoms with E-state index < -0.39 is 0 Å². The third-order valence-electron chi connectivity index (χ3n) is 2.32. The SMILES string of the molecule is CCCCOC.CCCOC.CCOC(CC)COC. The number of ether oxygens (including phenoxy) is 4. The van der Waals surface area contributed by atoms with E-state index in [0.29, 0.717) is 12.7 Å². The Morgan fingerprint density at radius 2 is 1.35 bits per heavy atom. The lowest BCUT2D eigenvalue weighted by molar-refractivity contribution is 0.00244. The van der Waals surface area contributed by atoms with Crippen molar-refractivity contribution < 1.29 is 18.9 Å². The molecular formula is C16H38O4. The molecule has 0 aromatic heterocycles. The van der Waals surface area contributed by atoms with Crippen LogP contribution in [0.15, 0.2) is 0 Å². The van der Waals surface area contributed by atoms with Crippen LogP contribution >= 0.6 is 0 Å². The second kappa shape index (κ2) is 27.2. The summed E-state index contributed by atoms with van der Waals surface area (Å²) in [4.78, 5) is 0. The summed E-state index contributed by atoms with van der Waals surface area (Å²) >= 11 is 0. The summed E-state index contributed by atoms with van der Waals surface area (Å²) in [6.45, 7) is 11.6. The van der Waals surface area contributed by atoms with Gasteiger partial charge in [-0.15, -0.1) is 0 Å². The molecule has 0 aliphatic heterocycles. The number of methoxy groups -OCH3 is 3. The van der Waals surface area contributed by atoms with Gasteiger partial charge in [0.15, 0.2) is 0 Å². The summed E-state index contributed by atoms with van der Waals surface area (Å²) in [6.07, 6.45) is 4.86. The Labute approximate surface area is 127 Å². The van der Waals surface area contributed by atoms with Crippen LogP contribution in [0, 0.1) is 0 Å². The maximum absolute atomic E-state index is 5.31. The molecule has 0 radical (unpaired) electrons. The van der Waals surface area contributed by atoms with Gasteiger partial charge in [0.2, 0.25) is 0 Å². The van der Waals surface area contributed by atoms with Crippen LogP contribution < -0.4 is 0 Å². The van der Waals surface area contributed by atoms with Crippen LogP contribution in [0.5, 0.6) is 0 Å². The molecule has 0 aliphatic rings. The summed E-state index contributed by atoms with van der Waals surface area (Å²) in [5, 5.41) is 0. The molecule has 20 heavy (non-hydrogen) atoms. The Morgan fingerprint density at radius 3 is 1.55 bits per heavy atom. The molecule has 4 heteroatoms. The fourth-order valence-electron chi connectivity index (χ4n) is 1.20. The maximum atomic E-state index is 5.31. The summed E-state index contributed by atoms with van der Waals surface area (Å²) in [6, 6.07) is 0. The minimum Gasteiger partial charge on any atom is -0.385 e. The zero-order chi connectivity index (χ0) is 16.1. The molecule has 0 spiro atoms. The van der Waals surface area contributed by atoms with Gasteiger partial charge >= 0.3 is 0 Å². The Hall–Kier alpha value is -0.160. The van der Waals surface area contributed by atoms with Gasteiger partial charge in [-0.1, -0.05) is 27.2 Å². The molecule has 0 N–H and O–H groups in total. The zero-order valence-corrected chi connectivity index (χ0v) is 14.9. The van der Waals surface area contributed by atoms with Crippen LogP contribution in [-0.4, -0.2) is 53.9 Å². The molecule has 0 aromatic carbocycles. The second-order valence-corrected chi connectivity index (χ2v) is 4.28. The van der Waals surface area contributed by atoms with Crippen LogP contribution in [-0.2, 0) is 18.9 Å². The van der Waals surface area contributed by atoms with E-state index in [1.54, 1.807) is 21.3 Å². The van der Waals surface area contributed by atoms with Crippen molar-refractivity contribution in [3.63, 3.8) is 0 Å². The van der Waals surface area contributed by atoms with Crippen molar-refractivity contribution in [2.75, 3.05) is 47.8 Å². The highest BCUT2D eigenvalue weighted by Crippen LogP contribution is 1.96. The van der Waals surface area contributed by atoms with E-state index in [0.717, 1.165) is 32.7 Å². The molecule has 0 heterocycles. The molecule has 0 aliphatic carbocycles. The van der Waals surface area contributed by atoms with Crippen molar-refractivity contribution in [3.05, 3.63) is 0 Å². The Bertz CT molecular complexity index is 120. The van der Waals surface area contributed by atoms with Crippen LogP contribution in [0.4, 0.5) is 0 Å². The van der Waals surface area contributed by atoms with Crippen molar-refractivity contribution in [1.82, 2.24) is 0 Å². The Kier molecular flexibility index (Phi) is 33.8. The molecule has 0 bridgehead atoms. The van der Waals surface area contributed by atoms with Gasteiger partial charge in [0.1, 0.15) is 0 Å². The van der Waals surface area contributed by atoms with Gasteiger partial charge in [0, 0.05) is 41.2 Å². The standard InChI is InChI=1S/C7H16O2.C5H12O.C4H10O/c1-4-7(6-8-3)9-5-2;1-3-4-5-6-2;1-3-4-5-2/h7H,4-6H2,1-3H3;3-5H2,1-2H3;3-4H2,1-2H3. The third kappa shape index (κ3) is 30.7. The first-order valence-electron chi connectivity index (χ1n) is 7.76. The quantitative estimate of drug-likeness (QED) is 0.572. The van der Waals surface area contributed by atoms with Gasteiger partial charge in [-0.05, 0) is 26.2 Å². The monoisotopic (exact) mass is 294 g/mol. The third-order valence-corrected chi connectivity index (χ3v) is 2.32.